The number of cyclic esters (lactones) is 1. The van der Waals surface area contributed by atoms with Crippen molar-refractivity contribution in [3.8, 4) is 0 Å². The molecule has 0 amide bonds. The fraction of sp³-hybridized carbons (Fsp3) is 0.677. The van der Waals surface area contributed by atoms with Crippen LogP contribution in [0.25, 0.3) is 0 Å². The lowest BCUT2D eigenvalue weighted by molar-refractivity contribution is -0.199. The second kappa shape index (κ2) is 9.63. The Hall–Kier alpha value is -2.90. The first-order valence-corrected chi connectivity index (χ1v) is 14.1. The van der Waals surface area contributed by atoms with E-state index >= 15 is 0 Å². The number of carbonyl (C=O) groups is 4. The molecule has 1 aromatic rings. The number of rotatable bonds is 6. The van der Waals surface area contributed by atoms with Crippen LogP contribution in [0.5, 0.6) is 0 Å². The largest absolute Gasteiger partial charge is 0.472 e. The highest BCUT2D eigenvalue weighted by Gasteiger charge is 2.68. The number of methoxy groups -OCH3 is 1. The van der Waals surface area contributed by atoms with Gasteiger partial charge < -0.3 is 18.6 Å². The number of esters is 3. The zero-order chi connectivity index (χ0) is 28.3. The van der Waals surface area contributed by atoms with Gasteiger partial charge in [-0.1, -0.05) is 40.2 Å². The minimum atomic E-state index is -0.871. The van der Waals surface area contributed by atoms with Crippen LogP contribution < -0.4 is 0 Å². The van der Waals surface area contributed by atoms with E-state index in [0.29, 0.717) is 12.8 Å². The van der Waals surface area contributed by atoms with Crippen molar-refractivity contribution < 1.29 is 37.8 Å². The number of fused-ring (bicyclic) bond motifs is 5. The van der Waals surface area contributed by atoms with E-state index in [4.69, 9.17) is 18.6 Å². The number of hydrogen-bond acceptors (Lipinski definition) is 8. The van der Waals surface area contributed by atoms with E-state index in [-0.39, 0.29) is 48.9 Å². The van der Waals surface area contributed by atoms with Gasteiger partial charge in [-0.25, -0.2) is 0 Å². The molecule has 1 aliphatic heterocycles. The van der Waals surface area contributed by atoms with Crippen LogP contribution in [0, 0.1) is 34.0 Å². The van der Waals surface area contributed by atoms with E-state index < -0.39 is 40.3 Å². The molecule has 2 saturated carbocycles. The van der Waals surface area contributed by atoms with Gasteiger partial charge in [0.05, 0.1) is 32.0 Å². The molecule has 4 aliphatic rings. The van der Waals surface area contributed by atoms with Gasteiger partial charge in [-0.05, 0) is 49.2 Å². The van der Waals surface area contributed by atoms with Gasteiger partial charge in [-0.15, -0.1) is 0 Å². The number of hydrogen-bond donors (Lipinski definition) is 0. The minimum Gasteiger partial charge on any atom is -0.472 e. The van der Waals surface area contributed by atoms with Crippen LogP contribution in [0.4, 0.5) is 0 Å². The Balaban J connectivity index is 1.67. The van der Waals surface area contributed by atoms with Gasteiger partial charge in [0.2, 0.25) is 0 Å². The topological polar surface area (TPSA) is 109 Å². The molecule has 8 heteroatoms. The number of ether oxygens (including phenoxy) is 3. The third kappa shape index (κ3) is 4.08. The summed E-state index contributed by atoms with van der Waals surface area (Å²) in [5.74, 6) is -2.06. The van der Waals surface area contributed by atoms with Gasteiger partial charge >= 0.3 is 17.9 Å². The number of furan rings is 1. The van der Waals surface area contributed by atoms with Crippen LogP contribution in [0.3, 0.4) is 0 Å². The van der Waals surface area contributed by atoms with Crippen LogP contribution in [-0.2, 0) is 33.4 Å². The number of ketones is 1. The lowest BCUT2D eigenvalue weighted by Gasteiger charge is -2.63. The predicted octanol–water partition coefficient (Wildman–Crippen LogP) is 5.51. The molecule has 3 fully saturated rings. The SMILES string of the molecule is CCCC(=O)O[C@@H]1[C@@H]2CC3=C4CC(=O)O[C@@H](c5ccoc5)[C@]4(C)CC[C@@H]3[C@@](C)(C2=O)[C@@H](CC(=O)OC)C1(C)C. The average Bonchev–Trinajstić information content (AvgIpc) is 3.42. The minimum absolute atomic E-state index is 0.0488. The fourth-order valence-corrected chi connectivity index (χ4v) is 8.60. The van der Waals surface area contributed by atoms with Gasteiger partial charge in [0, 0.05) is 34.7 Å². The van der Waals surface area contributed by atoms with Crippen molar-refractivity contribution in [2.24, 2.45) is 34.0 Å². The molecule has 212 valence electrons. The monoisotopic (exact) mass is 540 g/mol. The zero-order valence-electron chi connectivity index (χ0n) is 23.8. The Bertz CT molecular complexity index is 1210. The maximum atomic E-state index is 14.4. The highest BCUT2D eigenvalue weighted by Crippen LogP contribution is 2.68. The Morgan fingerprint density at radius 1 is 1.13 bits per heavy atom. The second-order valence-electron chi connectivity index (χ2n) is 12.9. The smallest absolute Gasteiger partial charge is 0.310 e. The highest BCUT2D eigenvalue weighted by atomic mass is 16.6. The Kier molecular flexibility index (Phi) is 6.83. The Morgan fingerprint density at radius 2 is 1.87 bits per heavy atom. The summed E-state index contributed by atoms with van der Waals surface area (Å²) in [4.78, 5) is 52.9. The molecule has 1 aromatic heterocycles. The van der Waals surface area contributed by atoms with Crippen molar-refractivity contribution in [2.45, 2.75) is 91.8 Å². The number of Topliss-reactive ketones (excluding diaryl/α,β-unsaturated/α-hetero) is 1. The maximum Gasteiger partial charge on any atom is 0.310 e. The first-order chi connectivity index (χ1) is 18.4. The summed E-state index contributed by atoms with van der Waals surface area (Å²) in [7, 11) is 1.36. The van der Waals surface area contributed by atoms with Crippen LogP contribution in [0.2, 0.25) is 0 Å². The normalized spacial score (nSPS) is 36.9. The summed E-state index contributed by atoms with van der Waals surface area (Å²) < 4.78 is 22.4. The first kappa shape index (κ1) is 27.7. The first-order valence-electron chi connectivity index (χ1n) is 14.1. The lowest BCUT2D eigenvalue weighted by atomic mass is 9.40. The molecule has 0 unspecified atom stereocenters. The zero-order valence-corrected chi connectivity index (χ0v) is 23.8. The molecule has 5 rings (SSSR count). The van der Waals surface area contributed by atoms with E-state index in [9.17, 15) is 19.2 Å². The average molecular weight is 541 g/mol. The van der Waals surface area contributed by atoms with Crippen molar-refractivity contribution in [1.82, 2.24) is 0 Å². The molecule has 39 heavy (non-hydrogen) atoms. The van der Waals surface area contributed by atoms with E-state index in [1.807, 2.05) is 33.8 Å². The maximum absolute atomic E-state index is 14.4. The van der Waals surface area contributed by atoms with Crippen LogP contribution in [0.1, 0.15) is 91.2 Å². The van der Waals surface area contributed by atoms with Gasteiger partial charge in [0.25, 0.3) is 0 Å². The molecule has 8 nitrogen and oxygen atoms in total. The third-order valence-corrected chi connectivity index (χ3v) is 10.5. The van der Waals surface area contributed by atoms with Gasteiger partial charge in [0.15, 0.2) is 0 Å². The number of allylic oxidation sites excluding steroid dienone is 1. The lowest BCUT2D eigenvalue weighted by Crippen LogP contribution is -2.66. The van der Waals surface area contributed by atoms with E-state index in [1.165, 1.54) is 7.11 Å². The summed E-state index contributed by atoms with van der Waals surface area (Å²) in [5, 5.41) is 0. The second-order valence-corrected chi connectivity index (χ2v) is 12.9. The Labute approximate surface area is 229 Å². The van der Waals surface area contributed by atoms with Gasteiger partial charge in [-0.2, -0.15) is 0 Å². The third-order valence-electron chi connectivity index (χ3n) is 10.5. The molecule has 7 atom stereocenters. The summed E-state index contributed by atoms with van der Waals surface area (Å²) in [5.41, 5.74) is 0.979. The van der Waals surface area contributed by atoms with Crippen molar-refractivity contribution in [2.75, 3.05) is 7.11 Å². The predicted molar refractivity (Wildman–Crippen MR) is 140 cm³/mol. The summed E-state index contributed by atoms with van der Waals surface area (Å²) in [6, 6.07) is 1.83. The molecule has 2 bridgehead atoms. The van der Waals surface area contributed by atoms with Gasteiger partial charge in [0.1, 0.15) is 18.0 Å². The van der Waals surface area contributed by atoms with Crippen LogP contribution in [0.15, 0.2) is 34.2 Å². The summed E-state index contributed by atoms with van der Waals surface area (Å²) in [6.07, 6.45) is 5.06. The molecular weight excluding hydrogens is 500 g/mol. The number of carbonyl (C=O) groups excluding carboxylic acids is 4. The van der Waals surface area contributed by atoms with Crippen molar-refractivity contribution >= 4 is 23.7 Å². The van der Waals surface area contributed by atoms with Crippen molar-refractivity contribution in [3.63, 3.8) is 0 Å². The standard InChI is InChI=1S/C31H40O8/c1-7-8-23(32)38-28-19-13-18-20(31(5,26(19)35)22(29(28,2)3)15-24(33)36-6)9-11-30(4)21(18)14-25(34)39-27(30)17-10-12-37-16-17/h10,12,16,19-20,22,27-28H,7-9,11,13-15H2,1-6H3/t19-,20+,22+,27+,28-,30-,31-/m1/s1. The summed E-state index contributed by atoms with van der Waals surface area (Å²) in [6.45, 7) is 10.1. The highest BCUT2D eigenvalue weighted by molar-refractivity contribution is 5.92. The van der Waals surface area contributed by atoms with E-state index in [0.717, 1.165) is 29.6 Å². The molecule has 1 saturated heterocycles. The quantitative estimate of drug-likeness (QED) is 0.264. The molecule has 2 heterocycles. The molecule has 0 N–H and O–H groups in total. The van der Waals surface area contributed by atoms with Crippen LogP contribution >= 0.6 is 0 Å². The molecule has 0 aromatic carbocycles. The van der Waals surface area contributed by atoms with Gasteiger partial charge in [-0.3, -0.25) is 19.2 Å². The molecule has 0 radical (unpaired) electrons. The molecular formula is C31H40O8. The van der Waals surface area contributed by atoms with E-state index in [2.05, 4.69) is 6.92 Å². The fourth-order valence-electron chi connectivity index (χ4n) is 8.60. The van der Waals surface area contributed by atoms with Crippen molar-refractivity contribution in [1.29, 1.82) is 0 Å². The Morgan fingerprint density at radius 3 is 2.51 bits per heavy atom. The van der Waals surface area contributed by atoms with E-state index in [1.54, 1.807) is 12.5 Å². The van der Waals surface area contributed by atoms with Crippen molar-refractivity contribution in [3.05, 3.63) is 35.3 Å². The van der Waals surface area contributed by atoms with Crippen LogP contribution in [-0.4, -0.2) is 36.9 Å². The molecule has 0 spiro atoms. The summed E-state index contributed by atoms with van der Waals surface area (Å²) >= 11 is 0. The molecule has 3 aliphatic carbocycles.